The van der Waals surface area contributed by atoms with Gasteiger partial charge in [0.1, 0.15) is 18.0 Å². The second-order valence-electron chi connectivity index (χ2n) is 7.79. The summed E-state index contributed by atoms with van der Waals surface area (Å²) in [5.74, 6) is 0.372. The highest BCUT2D eigenvalue weighted by molar-refractivity contribution is 5.88. The number of benzene rings is 1. The van der Waals surface area contributed by atoms with Crippen molar-refractivity contribution in [3.63, 3.8) is 0 Å². The first kappa shape index (κ1) is 17.3. The van der Waals surface area contributed by atoms with E-state index in [0.717, 1.165) is 61.7 Å². The Kier molecular flexibility index (Phi) is 4.30. The molecule has 2 aromatic heterocycles. The Bertz CT molecular complexity index is 1090. The fourth-order valence-electron chi connectivity index (χ4n) is 4.48. The van der Waals surface area contributed by atoms with Gasteiger partial charge < -0.3 is 5.32 Å². The predicted molar refractivity (Wildman–Crippen MR) is 105 cm³/mol. The van der Waals surface area contributed by atoms with Crippen LogP contribution in [0.25, 0.3) is 10.9 Å². The van der Waals surface area contributed by atoms with Gasteiger partial charge in [-0.15, -0.1) is 0 Å². The highest BCUT2D eigenvalue weighted by Gasteiger charge is 2.26. The van der Waals surface area contributed by atoms with Crippen LogP contribution in [0.4, 0.5) is 10.2 Å². The molecule has 1 saturated carbocycles. The molecule has 2 heterocycles. The molecule has 0 bridgehead atoms. The molecule has 1 N–H and O–H groups in total. The summed E-state index contributed by atoms with van der Waals surface area (Å²) in [5.41, 5.74) is 2.96. The summed E-state index contributed by atoms with van der Waals surface area (Å²) >= 11 is 0. The highest BCUT2D eigenvalue weighted by Crippen LogP contribution is 2.30. The van der Waals surface area contributed by atoms with Crippen molar-refractivity contribution in [2.75, 3.05) is 5.32 Å². The lowest BCUT2D eigenvalue weighted by atomic mass is 9.91. The second kappa shape index (κ2) is 6.96. The Morgan fingerprint density at radius 2 is 1.93 bits per heavy atom. The molecule has 0 unspecified atom stereocenters. The van der Waals surface area contributed by atoms with Gasteiger partial charge in [-0.2, -0.15) is 5.10 Å². The van der Waals surface area contributed by atoms with Gasteiger partial charge >= 0.3 is 0 Å². The lowest BCUT2D eigenvalue weighted by molar-refractivity contribution is 0.302. The molecule has 1 fully saturated rings. The molecule has 3 aromatic rings. The molecule has 0 aliphatic heterocycles. The van der Waals surface area contributed by atoms with E-state index in [9.17, 15) is 9.18 Å². The number of nitrogens with one attached hydrogen (secondary N) is 1. The molecule has 2 aliphatic rings. The van der Waals surface area contributed by atoms with Gasteiger partial charge in [-0.1, -0.05) is 0 Å². The molecule has 0 atom stereocenters. The third-order valence-corrected chi connectivity index (χ3v) is 5.96. The minimum absolute atomic E-state index is 0.0225. The van der Waals surface area contributed by atoms with E-state index < -0.39 is 0 Å². The van der Waals surface area contributed by atoms with Crippen LogP contribution in [-0.2, 0) is 12.8 Å². The minimum atomic E-state index is -0.295. The summed E-state index contributed by atoms with van der Waals surface area (Å²) in [6.45, 7) is 0. The van der Waals surface area contributed by atoms with Crippen molar-refractivity contribution in [3.8, 4) is 0 Å². The summed E-state index contributed by atoms with van der Waals surface area (Å²) in [7, 11) is 0. The SMILES string of the molecule is O=c1cc2c(nn1C1CCC(Nc3ncnc4ccc(F)cc34)CC1)CCC2. The molecule has 2 aliphatic carbocycles. The first-order chi connectivity index (χ1) is 13.7. The number of nitrogens with zero attached hydrogens (tertiary/aromatic N) is 4. The normalized spacial score (nSPS) is 21.6. The molecule has 0 radical (unpaired) electrons. The van der Waals surface area contributed by atoms with Gasteiger partial charge in [-0.25, -0.2) is 19.0 Å². The van der Waals surface area contributed by atoms with Crippen LogP contribution >= 0.6 is 0 Å². The predicted octanol–water partition coefficient (Wildman–Crippen LogP) is 3.41. The maximum atomic E-state index is 13.6. The van der Waals surface area contributed by atoms with Crippen molar-refractivity contribution in [1.82, 2.24) is 19.7 Å². The molecule has 0 saturated heterocycles. The first-order valence-corrected chi connectivity index (χ1v) is 9.96. The van der Waals surface area contributed by atoms with E-state index in [1.807, 2.05) is 0 Å². The van der Waals surface area contributed by atoms with Crippen LogP contribution < -0.4 is 10.9 Å². The van der Waals surface area contributed by atoms with E-state index in [1.165, 1.54) is 18.5 Å². The topological polar surface area (TPSA) is 72.7 Å². The van der Waals surface area contributed by atoms with E-state index in [1.54, 1.807) is 16.8 Å². The van der Waals surface area contributed by atoms with E-state index >= 15 is 0 Å². The third-order valence-electron chi connectivity index (χ3n) is 5.96. The molecular formula is C21H22FN5O. The van der Waals surface area contributed by atoms with Crippen LogP contribution in [0.5, 0.6) is 0 Å². The third kappa shape index (κ3) is 3.15. The van der Waals surface area contributed by atoms with E-state index in [-0.39, 0.29) is 23.5 Å². The minimum Gasteiger partial charge on any atom is -0.367 e. The summed E-state index contributed by atoms with van der Waals surface area (Å²) in [6.07, 6.45) is 8.15. The van der Waals surface area contributed by atoms with Crippen molar-refractivity contribution < 1.29 is 4.39 Å². The summed E-state index contributed by atoms with van der Waals surface area (Å²) < 4.78 is 15.3. The number of aryl methyl sites for hydroxylation is 2. The Labute approximate surface area is 161 Å². The van der Waals surface area contributed by atoms with Gasteiger partial charge in [0, 0.05) is 17.5 Å². The van der Waals surface area contributed by atoms with Crippen molar-refractivity contribution in [2.24, 2.45) is 0 Å². The van der Waals surface area contributed by atoms with E-state index in [2.05, 4.69) is 20.4 Å². The quantitative estimate of drug-likeness (QED) is 0.755. The molecular weight excluding hydrogens is 357 g/mol. The van der Waals surface area contributed by atoms with Crippen LogP contribution in [0.15, 0.2) is 35.4 Å². The van der Waals surface area contributed by atoms with Crippen molar-refractivity contribution in [1.29, 1.82) is 0 Å². The molecule has 6 nitrogen and oxygen atoms in total. The zero-order valence-electron chi connectivity index (χ0n) is 15.6. The van der Waals surface area contributed by atoms with Crippen LogP contribution in [0.3, 0.4) is 0 Å². The van der Waals surface area contributed by atoms with Crippen molar-refractivity contribution in [3.05, 3.63) is 58.0 Å². The number of hydrogen-bond acceptors (Lipinski definition) is 5. The first-order valence-electron chi connectivity index (χ1n) is 9.96. The standard InChI is InChI=1S/C21H22FN5O/c22-14-4-9-19-17(11-14)21(24-12-23-19)25-15-5-7-16(8-6-15)27-20(28)10-13-2-1-3-18(13)26-27/h4,9-12,15-16H,1-3,5-8H2,(H,23,24,25). The van der Waals surface area contributed by atoms with Crippen LogP contribution in [-0.4, -0.2) is 25.8 Å². The summed E-state index contributed by atoms with van der Waals surface area (Å²) in [5, 5.41) is 8.81. The Morgan fingerprint density at radius 3 is 2.79 bits per heavy atom. The smallest absolute Gasteiger partial charge is 0.267 e. The number of rotatable bonds is 3. The maximum absolute atomic E-state index is 13.6. The van der Waals surface area contributed by atoms with Gasteiger partial charge in [0.15, 0.2) is 0 Å². The van der Waals surface area contributed by atoms with Crippen molar-refractivity contribution in [2.45, 2.75) is 57.0 Å². The number of anilines is 1. The van der Waals surface area contributed by atoms with Gasteiger partial charge in [0.25, 0.3) is 5.56 Å². The largest absolute Gasteiger partial charge is 0.367 e. The fourth-order valence-corrected chi connectivity index (χ4v) is 4.48. The molecule has 144 valence electrons. The van der Waals surface area contributed by atoms with Gasteiger partial charge in [0.05, 0.1) is 17.3 Å². The van der Waals surface area contributed by atoms with E-state index in [0.29, 0.717) is 11.2 Å². The fraction of sp³-hybridized carbons (Fsp3) is 0.429. The number of halogens is 1. The number of aromatic nitrogens is 4. The Balaban J connectivity index is 1.31. The highest BCUT2D eigenvalue weighted by atomic mass is 19.1. The number of hydrogen-bond donors (Lipinski definition) is 1. The molecule has 0 amide bonds. The molecule has 7 heteroatoms. The Hall–Kier alpha value is -2.83. The average Bonchev–Trinajstić information content (AvgIpc) is 3.16. The van der Waals surface area contributed by atoms with Crippen LogP contribution in [0.1, 0.15) is 49.4 Å². The molecule has 5 rings (SSSR count). The lowest BCUT2D eigenvalue weighted by Gasteiger charge is -2.30. The summed E-state index contributed by atoms with van der Waals surface area (Å²) in [6, 6.07) is 6.71. The van der Waals surface area contributed by atoms with Gasteiger partial charge in [0.2, 0.25) is 0 Å². The zero-order valence-corrected chi connectivity index (χ0v) is 15.6. The van der Waals surface area contributed by atoms with Gasteiger partial charge in [-0.3, -0.25) is 4.79 Å². The monoisotopic (exact) mass is 379 g/mol. The van der Waals surface area contributed by atoms with Crippen LogP contribution in [0.2, 0.25) is 0 Å². The Morgan fingerprint density at radius 1 is 1.07 bits per heavy atom. The average molecular weight is 379 g/mol. The zero-order chi connectivity index (χ0) is 19.1. The molecule has 28 heavy (non-hydrogen) atoms. The molecule has 1 aromatic carbocycles. The lowest BCUT2D eigenvalue weighted by Crippen LogP contribution is -2.34. The van der Waals surface area contributed by atoms with E-state index in [4.69, 9.17) is 0 Å². The maximum Gasteiger partial charge on any atom is 0.267 e. The van der Waals surface area contributed by atoms with Gasteiger partial charge in [-0.05, 0) is 68.7 Å². The van der Waals surface area contributed by atoms with Crippen LogP contribution in [0, 0.1) is 5.82 Å². The van der Waals surface area contributed by atoms with Crippen molar-refractivity contribution >= 4 is 16.7 Å². The summed E-state index contributed by atoms with van der Waals surface area (Å²) in [4.78, 5) is 21.0. The molecule has 0 spiro atoms. The number of fused-ring (bicyclic) bond motifs is 2. The second-order valence-corrected chi connectivity index (χ2v) is 7.79.